The molecule has 1 saturated heterocycles. The Bertz CT molecular complexity index is 651. The van der Waals surface area contributed by atoms with Crippen LogP contribution in [0.3, 0.4) is 0 Å². The van der Waals surface area contributed by atoms with Crippen molar-refractivity contribution in [3.63, 3.8) is 0 Å². The third kappa shape index (κ3) is 4.35. The average molecular weight is 328 g/mol. The van der Waals surface area contributed by atoms with Gasteiger partial charge in [-0.2, -0.15) is 5.10 Å². The fourth-order valence-electron chi connectivity index (χ4n) is 2.98. The van der Waals surface area contributed by atoms with E-state index >= 15 is 0 Å². The molecular weight excluding hydrogens is 304 g/mol. The minimum atomic E-state index is -0.160. The smallest absolute Gasteiger partial charge is 0.315 e. The first-order valence-electron chi connectivity index (χ1n) is 8.42. The molecule has 2 unspecified atom stereocenters. The van der Waals surface area contributed by atoms with Crippen LogP contribution in [-0.4, -0.2) is 34.6 Å². The van der Waals surface area contributed by atoms with E-state index in [2.05, 4.69) is 21.8 Å². The molecule has 2 aromatic rings. The first-order valence-corrected chi connectivity index (χ1v) is 8.42. The second-order valence-electron chi connectivity index (χ2n) is 6.14. The molecule has 0 saturated carbocycles. The van der Waals surface area contributed by atoms with Crippen LogP contribution in [0.15, 0.2) is 42.7 Å². The molecule has 0 radical (unpaired) electrons. The number of nitrogens with zero attached hydrogens (tertiary/aromatic N) is 2. The van der Waals surface area contributed by atoms with Crippen LogP contribution in [0.25, 0.3) is 0 Å². The molecule has 2 N–H and O–H groups in total. The minimum absolute atomic E-state index is 0.0202. The summed E-state index contributed by atoms with van der Waals surface area (Å²) in [6, 6.07) is 9.84. The van der Waals surface area contributed by atoms with Gasteiger partial charge in [-0.1, -0.05) is 24.3 Å². The maximum absolute atomic E-state index is 12.1. The lowest BCUT2D eigenvalue weighted by molar-refractivity contribution is 0.0860. The van der Waals surface area contributed by atoms with Gasteiger partial charge in [-0.25, -0.2) is 4.79 Å². The molecule has 2 heterocycles. The number of amides is 2. The van der Waals surface area contributed by atoms with Gasteiger partial charge in [0.2, 0.25) is 0 Å². The minimum Gasteiger partial charge on any atom is -0.376 e. The van der Waals surface area contributed by atoms with Crippen molar-refractivity contribution < 1.29 is 9.53 Å². The highest BCUT2D eigenvalue weighted by Crippen LogP contribution is 2.15. The number of hydrogen-bond donors (Lipinski definition) is 2. The number of carbonyl (C=O) groups excluding carboxylic acids is 1. The normalized spacial score (nSPS) is 18.3. The highest BCUT2D eigenvalue weighted by atomic mass is 16.5. The van der Waals surface area contributed by atoms with Crippen LogP contribution in [0, 0.1) is 0 Å². The second kappa shape index (κ2) is 7.97. The van der Waals surface area contributed by atoms with Gasteiger partial charge in [0, 0.05) is 25.5 Å². The molecule has 2 atom stereocenters. The molecule has 128 valence electrons. The van der Waals surface area contributed by atoms with Gasteiger partial charge in [0.15, 0.2) is 0 Å². The molecular formula is C18H24N4O2. The van der Waals surface area contributed by atoms with E-state index in [1.54, 1.807) is 6.20 Å². The molecule has 1 aromatic heterocycles. The maximum Gasteiger partial charge on any atom is 0.315 e. The molecule has 3 rings (SSSR count). The van der Waals surface area contributed by atoms with E-state index in [-0.39, 0.29) is 18.2 Å². The average Bonchev–Trinajstić information content (AvgIpc) is 3.27. The lowest BCUT2D eigenvalue weighted by Gasteiger charge is -2.20. The van der Waals surface area contributed by atoms with Gasteiger partial charge in [0.05, 0.1) is 18.7 Å². The fourth-order valence-corrected chi connectivity index (χ4v) is 2.98. The Morgan fingerprint density at radius 3 is 2.92 bits per heavy atom. The molecule has 24 heavy (non-hydrogen) atoms. The Labute approximate surface area is 142 Å². The lowest BCUT2D eigenvalue weighted by Crippen LogP contribution is -2.45. The molecule has 1 aliphatic rings. The molecule has 6 heteroatoms. The Morgan fingerprint density at radius 1 is 1.38 bits per heavy atom. The van der Waals surface area contributed by atoms with E-state index in [0.717, 1.165) is 30.6 Å². The third-order valence-electron chi connectivity index (χ3n) is 4.33. The summed E-state index contributed by atoms with van der Waals surface area (Å²) >= 11 is 0. The van der Waals surface area contributed by atoms with Gasteiger partial charge in [-0.15, -0.1) is 0 Å². The van der Waals surface area contributed by atoms with Gasteiger partial charge in [-0.05, 0) is 37.0 Å². The molecule has 1 fully saturated rings. The zero-order chi connectivity index (χ0) is 16.8. The zero-order valence-electron chi connectivity index (χ0n) is 13.9. The van der Waals surface area contributed by atoms with Gasteiger partial charge < -0.3 is 15.4 Å². The standard InChI is InChI=1S/C18H24N4O2/c1-14(17-8-4-11-24-17)21-18(23)19-12-15-6-2-3-7-16(15)13-22-10-5-9-20-22/h2-3,5-7,9-10,14,17H,4,8,11-13H2,1H3,(H2,19,21,23). The topological polar surface area (TPSA) is 68.2 Å². The SMILES string of the molecule is CC(NC(=O)NCc1ccccc1Cn1cccn1)C1CCCO1. The van der Waals surface area contributed by atoms with Crippen LogP contribution in [-0.2, 0) is 17.8 Å². The molecule has 2 amide bonds. The number of urea groups is 1. The summed E-state index contributed by atoms with van der Waals surface area (Å²) < 4.78 is 7.48. The van der Waals surface area contributed by atoms with Crippen molar-refractivity contribution in [1.29, 1.82) is 0 Å². The number of rotatable bonds is 6. The van der Waals surface area contributed by atoms with Gasteiger partial charge in [0.1, 0.15) is 0 Å². The first kappa shape index (κ1) is 16.5. The Morgan fingerprint density at radius 2 is 2.21 bits per heavy atom. The first-order chi connectivity index (χ1) is 11.7. The van der Waals surface area contributed by atoms with E-state index < -0.39 is 0 Å². The van der Waals surface area contributed by atoms with Crippen LogP contribution >= 0.6 is 0 Å². The van der Waals surface area contributed by atoms with Crippen LogP contribution < -0.4 is 10.6 Å². The monoisotopic (exact) mass is 328 g/mol. The van der Waals surface area contributed by atoms with E-state index in [0.29, 0.717) is 13.1 Å². The van der Waals surface area contributed by atoms with Gasteiger partial charge >= 0.3 is 6.03 Å². The number of ether oxygens (including phenoxy) is 1. The van der Waals surface area contributed by atoms with E-state index in [1.807, 2.05) is 42.1 Å². The van der Waals surface area contributed by atoms with Crippen molar-refractivity contribution in [3.05, 3.63) is 53.9 Å². The Balaban J connectivity index is 1.53. The second-order valence-corrected chi connectivity index (χ2v) is 6.14. The predicted octanol–water partition coefficient (Wildman–Crippen LogP) is 2.30. The Hall–Kier alpha value is -2.34. The van der Waals surface area contributed by atoms with Crippen LogP contribution in [0.1, 0.15) is 30.9 Å². The molecule has 0 aliphatic carbocycles. The zero-order valence-corrected chi connectivity index (χ0v) is 13.9. The highest BCUT2D eigenvalue weighted by molar-refractivity contribution is 5.74. The van der Waals surface area contributed by atoms with Crippen molar-refractivity contribution in [2.75, 3.05) is 6.61 Å². The number of nitrogens with one attached hydrogen (secondary N) is 2. The summed E-state index contributed by atoms with van der Waals surface area (Å²) in [5.74, 6) is 0. The van der Waals surface area contributed by atoms with Crippen molar-refractivity contribution in [2.45, 2.75) is 45.0 Å². The Kier molecular flexibility index (Phi) is 5.48. The predicted molar refractivity (Wildman–Crippen MR) is 91.6 cm³/mol. The highest BCUT2D eigenvalue weighted by Gasteiger charge is 2.23. The summed E-state index contributed by atoms with van der Waals surface area (Å²) in [7, 11) is 0. The summed E-state index contributed by atoms with van der Waals surface area (Å²) in [4.78, 5) is 12.1. The van der Waals surface area contributed by atoms with Crippen molar-refractivity contribution in [3.8, 4) is 0 Å². The third-order valence-corrected chi connectivity index (χ3v) is 4.33. The largest absolute Gasteiger partial charge is 0.376 e. The van der Waals surface area contributed by atoms with E-state index in [9.17, 15) is 4.79 Å². The lowest BCUT2D eigenvalue weighted by atomic mass is 10.1. The molecule has 1 aromatic carbocycles. The molecule has 1 aliphatic heterocycles. The maximum atomic E-state index is 12.1. The van der Waals surface area contributed by atoms with Crippen molar-refractivity contribution >= 4 is 6.03 Å². The van der Waals surface area contributed by atoms with Gasteiger partial charge in [-0.3, -0.25) is 4.68 Å². The van der Waals surface area contributed by atoms with Crippen LogP contribution in [0.2, 0.25) is 0 Å². The molecule has 0 bridgehead atoms. The van der Waals surface area contributed by atoms with Crippen molar-refractivity contribution in [2.24, 2.45) is 0 Å². The molecule has 0 spiro atoms. The van der Waals surface area contributed by atoms with E-state index in [4.69, 9.17) is 4.74 Å². The number of carbonyl (C=O) groups is 1. The van der Waals surface area contributed by atoms with Crippen LogP contribution in [0.4, 0.5) is 4.79 Å². The van der Waals surface area contributed by atoms with Gasteiger partial charge in [0.25, 0.3) is 0 Å². The number of hydrogen-bond acceptors (Lipinski definition) is 3. The fraction of sp³-hybridized carbons (Fsp3) is 0.444. The summed E-state index contributed by atoms with van der Waals surface area (Å²) in [5.41, 5.74) is 2.24. The van der Waals surface area contributed by atoms with E-state index in [1.165, 1.54) is 0 Å². The molecule has 6 nitrogen and oxygen atoms in total. The summed E-state index contributed by atoms with van der Waals surface area (Å²) in [6.45, 7) is 3.96. The quantitative estimate of drug-likeness (QED) is 0.855. The van der Waals surface area contributed by atoms with Crippen LogP contribution in [0.5, 0.6) is 0 Å². The number of benzene rings is 1. The summed E-state index contributed by atoms with van der Waals surface area (Å²) in [5, 5.41) is 10.1. The number of aromatic nitrogens is 2. The van der Waals surface area contributed by atoms with Crippen molar-refractivity contribution in [1.82, 2.24) is 20.4 Å². The summed E-state index contributed by atoms with van der Waals surface area (Å²) in [6.07, 6.45) is 5.90.